The van der Waals surface area contributed by atoms with Gasteiger partial charge in [0.25, 0.3) is 0 Å². The van der Waals surface area contributed by atoms with Gasteiger partial charge in [-0.3, -0.25) is 9.69 Å². The number of aliphatic hydroxyl groups is 2. The zero-order chi connectivity index (χ0) is 38.3. The van der Waals surface area contributed by atoms with Crippen LogP contribution in [0.1, 0.15) is 116 Å². The van der Waals surface area contributed by atoms with Crippen LogP contribution in [0.4, 0.5) is 0 Å². The van der Waals surface area contributed by atoms with Gasteiger partial charge in [-0.15, -0.1) is 6.58 Å². The molecule has 10 nitrogen and oxygen atoms in total. The molecule has 3 fully saturated rings. The molecule has 10 heteroatoms. The molecule has 2 heterocycles. The molecule has 1 aromatic carbocycles. The van der Waals surface area contributed by atoms with Gasteiger partial charge in [0.2, 0.25) is 11.7 Å². The molecule has 300 valence electrons. The maximum absolute atomic E-state index is 14.3. The van der Waals surface area contributed by atoms with Crippen LogP contribution >= 0.6 is 0 Å². The van der Waals surface area contributed by atoms with Crippen molar-refractivity contribution in [1.29, 1.82) is 0 Å². The lowest BCUT2D eigenvalue weighted by Gasteiger charge is -2.59. The Morgan fingerprint density at radius 2 is 1.83 bits per heavy atom. The van der Waals surface area contributed by atoms with Crippen LogP contribution in [0, 0.1) is 23.7 Å². The first-order chi connectivity index (χ1) is 26.1. The first-order valence-corrected chi connectivity index (χ1v) is 21.0. The molecule has 54 heavy (non-hydrogen) atoms. The van der Waals surface area contributed by atoms with Crippen molar-refractivity contribution in [2.24, 2.45) is 28.8 Å². The number of benzene rings is 1. The Balaban J connectivity index is 1.49. The van der Waals surface area contributed by atoms with E-state index >= 15 is 0 Å². The lowest BCUT2D eigenvalue weighted by Crippen LogP contribution is -2.69. The maximum Gasteiger partial charge on any atom is 0.239 e. The molecule has 5 aliphatic rings. The van der Waals surface area contributed by atoms with Gasteiger partial charge in [-0.05, 0) is 94.4 Å². The third-order valence-electron chi connectivity index (χ3n) is 12.4. The van der Waals surface area contributed by atoms with E-state index in [0.717, 1.165) is 92.9 Å². The summed E-state index contributed by atoms with van der Waals surface area (Å²) in [6.07, 6.45) is 15.9. The van der Waals surface area contributed by atoms with E-state index in [9.17, 15) is 15.0 Å². The van der Waals surface area contributed by atoms with Crippen LogP contribution in [-0.2, 0) is 14.4 Å². The zero-order valence-corrected chi connectivity index (χ0v) is 33.5. The minimum Gasteiger partial charge on any atom is -0.492 e. The van der Waals surface area contributed by atoms with Gasteiger partial charge < -0.3 is 34.2 Å². The highest BCUT2D eigenvalue weighted by atomic mass is 16.7. The van der Waals surface area contributed by atoms with E-state index in [1.54, 1.807) is 6.08 Å². The summed E-state index contributed by atoms with van der Waals surface area (Å²) in [4.78, 5) is 24.7. The summed E-state index contributed by atoms with van der Waals surface area (Å²) >= 11 is 0. The molecule has 3 aliphatic carbocycles. The predicted molar refractivity (Wildman–Crippen MR) is 212 cm³/mol. The summed E-state index contributed by atoms with van der Waals surface area (Å²) in [5, 5.41) is 24.6. The van der Waals surface area contributed by atoms with Crippen molar-refractivity contribution in [2.45, 2.75) is 128 Å². The maximum atomic E-state index is 14.3. The lowest BCUT2D eigenvalue weighted by atomic mass is 9.55. The van der Waals surface area contributed by atoms with E-state index in [1.165, 1.54) is 25.7 Å². The third kappa shape index (κ3) is 9.54. The van der Waals surface area contributed by atoms with Gasteiger partial charge in [-0.25, -0.2) is 0 Å². The van der Waals surface area contributed by atoms with Crippen molar-refractivity contribution in [1.82, 2.24) is 9.80 Å². The number of aliphatic hydroxyl groups excluding tert-OH is 2. The fourth-order valence-electron chi connectivity index (χ4n) is 9.57. The molecule has 2 saturated carbocycles. The van der Waals surface area contributed by atoms with Gasteiger partial charge >= 0.3 is 0 Å². The standard InChI is InChI=1S/C44H67N3O7/c1-6-26-52-44-39(46(5)40(50)20-17-31-13-7-8-14-31)30-37(45-54-43(2,3)4)35-28-32(15-9-11-24-48)34(16-10-12-25-49)41(42(35)44)36-29-33(18-19-38(36)53-44)51-27-23-47-21-22-47/h6,18-19,28-29,31-32,34,39,41-42,48-49H,1,7-17,20-27,30H2,2-5H3. The topological polar surface area (TPSA) is 113 Å². The Morgan fingerprint density at radius 1 is 1.09 bits per heavy atom. The number of carbonyl (C=O) groups excluding carboxylic acids is 1. The molecule has 0 radical (unpaired) electrons. The molecular weight excluding hydrogens is 682 g/mol. The summed E-state index contributed by atoms with van der Waals surface area (Å²) in [6, 6.07) is 5.72. The number of hydrogen-bond acceptors (Lipinski definition) is 9. The molecule has 6 atom stereocenters. The van der Waals surface area contributed by atoms with E-state index in [4.69, 9.17) is 24.2 Å². The summed E-state index contributed by atoms with van der Waals surface area (Å²) in [5.74, 6) is 1.04. The van der Waals surface area contributed by atoms with E-state index in [2.05, 4.69) is 23.6 Å². The molecule has 1 saturated heterocycles. The summed E-state index contributed by atoms with van der Waals surface area (Å²) in [5.41, 5.74) is 2.46. The Bertz CT molecular complexity index is 1480. The van der Waals surface area contributed by atoms with Gasteiger partial charge in [0.05, 0.1) is 18.2 Å². The predicted octanol–water partition coefficient (Wildman–Crippen LogP) is 7.24. The lowest BCUT2D eigenvalue weighted by molar-refractivity contribution is -0.255. The van der Waals surface area contributed by atoms with E-state index in [1.807, 2.05) is 44.9 Å². The van der Waals surface area contributed by atoms with Crippen LogP contribution in [0.15, 0.2) is 47.7 Å². The van der Waals surface area contributed by atoms with E-state index in [-0.39, 0.29) is 49.4 Å². The van der Waals surface area contributed by atoms with Gasteiger partial charge in [0, 0.05) is 64.2 Å². The number of nitrogens with zero attached hydrogens (tertiary/aromatic N) is 3. The third-order valence-corrected chi connectivity index (χ3v) is 12.4. The van der Waals surface area contributed by atoms with Crippen LogP contribution in [0.3, 0.4) is 0 Å². The van der Waals surface area contributed by atoms with Gasteiger partial charge in [-0.2, -0.15) is 0 Å². The van der Waals surface area contributed by atoms with Crippen LogP contribution in [0.25, 0.3) is 0 Å². The van der Waals surface area contributed by atoms with Crippen LogP contribution in [0.2, 0.25) is 0 Å². The molecule has 1 aromatic rings. The highest BCUT2D eigenvalue weighted by Crippen LogP contribution is 2.62. The Labute approximate surface area is 323 Å². The first-order valence-electron chi connectivity index (χ1n) is 21.0. The fraction of sp³-hybridized carbons (Fsp3) is 0.727. The highest BCUT2D eigenvalue weighted by Gasteiger charge is 2.65. The van der Waals surface area contributed by atoms with Gasteiger partial charge in [0.15, 0.2) is 0 Å². The van der Waals surface area contributed by atoms with Gasteiger partial charge in [0.1, 0.15) is 29.7 Å². The Kier molecular flexibility index (Phi) is 13.8. The molecule has 1 amide bonds. The largest absolute Gasteiger partial charge is 0.492 e. The number of fused-ring (bicyclic) bond motifs is 2. The number of likely N-dealkylation sites (N-methyl/N-ethyl adjacent to an activating group) is 1. The minimum atomic E-state index is -1.22. The SMILES string of the molecule is C=CCOC12Oc3ccc(OCCN4CC4)cc3C3C(CCCCO)C(CCCCO)C=C(C(=NOC(C)(C)C)CC1N(C)C(=O)CCC1CCCC1)C32. The molecule has 2 N–H and O–H groups in total. The molecule has 0 bridgehead atoms. The Hall–Kier alpha value is -2.92. The van der Waals surface area contributed by atoms with Crippen LogP contribution in [0.5, 0.6) is 11.5 Å². The van der Waals surface area contributed by atoms with Crippen molar-refractivity contribution in [3.05, 3.63) is 48.1 Å². The number of ether oxygens (including phenoxy) is 3. The van der Waals surface area contributed by atoms with Crippen molar-refractivity contribution >= 4 is 11.6 Å². The summed E-state index contributed by atoms with van der Waals surface area (Å²) in [6.45, 7) is 14.4. The second kappa shape index (κ2) is 18.4. The second-order valence-corrected chi connectivity index (χ2v) is 17.4. The number of allylic oxidation sites excluding steroid dienone is 1. The van der Waals surface area contributed by atoms with Gasteiger partial charge in [-0.1, -0.05) is 55.8 Å². The monoisotopic (exact) mass is 749 g/mol. The van der Waals surface area contributed by atoms with Crippen molar-refractivity contribution < 1.29 is 34.1 Å². The molecule has 0 aromatic heterocycles. The van der Waals surface area contributed by atoms with E-state index in [0.29, 0.717) is 25.4 Å². The number of carbonyl (C=O) groups is 1. The summed E-state index contributed by atoms with van der Waals surface area (Å²) in [7, 11) is 1.91. The van der Waals surface area contributed by atoms with Crippen molar-refractivity contribution in [3.8, 4) is 11.5 Å². The molecule has 2 aliphatic heterocycles. The molecule has 0 spiro atoms. The summed E-state index contributed by atoms with van der Waals surface area (Å²) < 4.78 is 20.7. The zero-order valence-electron chi connectivity index (χ0n) is 33.5. The average Bonchev–Trinajstić information content (AvgIpc) is 3.83. The quantitative estimate of drug-likeness (QED) is 0.0621. The Morgan fingerprint density at radius 3 is 2.52 bits per heavy atom. The van der Waals surface area contributed by atoms with E-state index < -0.39 is 17.4 Å². The van der Waals surface area contributed by atoms with Crippen LogP contribution in [-0.4, -0.2) is 102 Å². The first kappa shape index (κ1) is 40.7. The van der Waals surface area contributed by atoms with Crippen LogP contribution < -0.4 is 9.47 Å². The fourth-order valence-corrected chi connectivity index (χ4v) is 9.57. The molecule has 6 rings (SSSR count). The normalized spacial score (nSPS) is 28.5. The second-order valence-electron chi connectivity index (χ2n) is 17.4. The average molecular weight is 750 g/mol. The highest BCUT2D eigenvalue weighted by molar-refractivity contribution is 6.03. The number of amides is 1. The number of oxime groups is 1. The number of hydrogen-bond donors (Lipinski definition) is 2. The molecule has 6 unspecified atom stereocenters. The smallest absolute Gasteiger partial charge is 0.239 e. The molecular formula is C44H67N3O7. The van der Waals surface area contributed by atoms with Crippen molar-refractivity contribution in [3.63, 3.8) is 0 Å². The minimum absolute atomic E-state index is 0.0586. The number of unbranched alkanes of at least 4 members (excludes halogenated alkanes) is 2. The van der Waals surface area contributed by atoms with Crippen molar-refractivity contribution in [2.75, 3.05) is 53.1 Å². The number of rotatable bonds is 20.